The van der Waals surface area contributed by atoms with E-state index in [-0.39, 0.29) is 43.3 Å². The molecule has 0 saturated carbocycles. The summed E-state index contributed by atoms with van der Waals surface area (Å²) in [5.74, 6) is 0.548. The number of phenols is 2. The molecule has 0 radical (unpaired) electrons. The van der Waals surface area contributed by atoms with Crippen molar-refractivity contribution in [1.29, 1.82) is 0 Å². The van der Waals surface area contributed by atoms with Crippen LogP contribution in [-0.2, 0) is 9.13 Å². The highest BCUT2D eigenvalue weighted by molar-refractivity contribution is 7.86. The van der Waals surface area contributed by atoms with Crippen molar-refractivity contribution in [3.05, 3.63) is 201 Å². The number of para-hydroxylation sites is 4. The molecule has 10 heteroatoms. The highest BCUT2D eigenvalue weighted by atomic mass is 31.2. The van der Waals surface area contributed by atoms with E-state index in [0.29, 0.717) is 44.1 Å². The van der Waals surface area contributed by atoms with Gasteiger partial charge in [0.15, 0.2) is 37.3 Å². The van der Waals surface area contributed by atoms with Crippen LogP contribution in [0, 0.1) is 38.1 Å². The largest absolute Gasteiger partial charge is 0.506 e. The second-order valence-electron chi connectivity index (χ2n) is 15.9. The summed E-state index contributed by atoms with van der Waals surface area (Å²) in [4.78, 5) is 10.0. The summed E-state index contributed by atoms with van der Waals surface area (Å²) in [6.45, 7) is 7.82. The Kier molecular flexibility index (Phi) is 9.40. The van der Waals surface area contributed by atoms with Gasteiger partial charge in [0, 0.05) is 31.7 Å². The molecule has 0 unspecified atom stereocenters. The van der Waals surface area contributed by atoms with Crippen molar-refractivity contribution < 1.29 is 28.8 Å². The molecule has 304 valence electrons. The fourth-order valence-corrected chi connectivity index (χ4v) is 13.9. The van der Waals surface area contributed by atoms with Crippen molar-refractivity contribution in [2.45, 2.75) is 27.7 Å². The van der Waals surface area contributed by atoms with Gasteiger partial charge in [0.2, 0.25) is 0 Å². The number of ether oxygens (including phenoxy) is 2. The zero-order valence-electron chi connectivity index (χ0n) is 34.3. The second-order valence-corrected chi connectivity index (χ2v) is 21.3. The molecule has 0 amide bonds. The summed E-state index contributed by atoms with van der Waals surface area (Å²) >= 11 is 0. The zero-order chi connectivity index (χ0) is 42.9. The Morgan fingerprint density at radius 3 is 1.00 bits per heavy atom. The molecule has 2 aliphatic heterocycles. The molecule has 0 bridgehead atoms. The molecule has 2 N–H and O–H groups in total. The number of hydrogen-bond acceptors (Lipinski definition) is 8. The molecule has 2 aliphatic rings. The third-order valence-electron chi connectivity index (χ3n) is 11.6. The first-order chi connectivity index (χ1) is 29.9. The predicted octanol–water partition coefficient (Wildman–Crippen LogP) is 9.01. The molecule has 62 heavy (non-hydrogen) atoms. The average Bonchev–Trinajstić information content (AvgIpc) is 3.28. The Bertz CT molecular complexity index is 3130. The van der Waals surface area contributed by atoms with Crippen LogP contribution in [0.15, 0.2) is 168 Å². The van der Waals surface area contributed by atoms with E-state index in [4.69, 9.17) is 19.5 Å². The van der Waals surface area contributed by atoms with Crippen molar-refractivity contribution in [1.82, 2.24) is 0 Å². The maximum absolute atomic E-state index is 16.5. The smallest absolute Gasteiger partial charge is 0.176 e. The van der Waals surface area contributed by atoms with Crippen LogP contribution < -0.4 is 52.0 Å². The number of aryl methyl sites for hydroxylation is 4. The van der Waals surface area contributed by atoms with Crippen LogP contribution in [0.1, 0.15) is 22.3 Å². The minimum absolute atomic E-state index is 0.0297. The van der Waals surface area contributed by atoms with Crippen LogP contribution in [0.25, 0.3) is 0 Å². The first kappa shape index (κ1) is 39.2. The zero-order valence-corrected chi connectivity index (χ0v) is 36.1. The number of hydrogen-bond donors (Lipinski definition) is 2. The molecule has 0 spiro atoms. The fourth-order valence-electron chi connectivity index (χ4n) is 8.21. The Labute approximate surface area is 358 Å². The van der Waals surface area contributed by atoms with Crippen molar-refractivity contribution >= 4 is 57.5 Å². The molecule has 8 aromatic carbocycles. The summed E-state index contributed by atoms with van der Waals surface area (Å²) in [5.41, 5.74) is 4.87. The number of fused-ring (bicyclic) bond motifs is 4. The molecule has 0 fully saturated rings. The van der Waals surface area contributed by atoms with Crippen LogP contribution in [-0.4, -0.2) is 10.2 Å². The van der Waals surface area contributed by atoms with E-state index in [9.17, 15) is 10.2 Å². The van der Waals surface area contributed by atoms with Gasteiger partial charge < -0.3 is 28.8 Å². The fraction of sp³-hybridized carbons (Fsp3) is 0.0769. The number of phenolic OH excluding ortho intramolecular Hbond substituents is 2. The summed E-state index contributed by atoms with van der Waals surface area (Å²) in [6.07, 6.45) is 0. The Morgan fingerprint density at radius 1 is 0.403 bits per heavy atom. The van der Waals surface area contributed by atoms with E-state index in [1.165, 1.54) is 0 Å². The minimum atomic E-state index is -4.01. The summed E-state index contributed by atoms with van der Waals surface area (Å²) in [5, 5.41) is 28.6. The van der Waals surface area contributed by atoms with E-state index >= 15 is 9.13 Å². The summed E-state index contributed by atoms with van der Waals surface area (Å²) in [7, 11) is -8.03. The van der Waals surface area contributed by atoms with Crippen molar-refractivity contribution in [3.8, 4) is 34.5 Å². The molecule has 0 atom stereocenters. The van der Waals surface area contributed by atoms with E-state index in [1.807, 2.05) is 149 Å². The topological polar surface area (TPSA) is 118 Å². The van der Waals surface area contributed by atoms with E-state index in [0.717, 1.165) is 22.3 Å². The lowest BCUT2D eigenvalue weighted by Gasteiger charge is -2.25. The molecule has 8 nitrogen and oxygen atoms in total. The average molecular weight is 851 g/mol. The van der Waals surface area contributed by atoms with E-state index in [1.54, 1.807) is 36.4 Å². The van der Waals surface area contributed by atoms with Gasteiger partial charge in [0.05, 0.1) is 10.6 Å². The van der Waals surface area contributed by atoms with Gasteiger partial charge in [-0.05, 0) is 64.1 Å². The predicted molar refractivity (Wildman–Crippen MR) is 246 cm³/mol. The van der Waals surface area contributed by atoms with Gasteiger partial charge in [-0.3, -0.25) is 0 Å². The lowest BCUT2D eigenvalue weighted by atomic mass is 10.1. The molecule has 0 saturated heterocycles. The maximum atomic E-state index is 16.5. The minimum Gasteiger partial charge on any atom is -0.506 e. The molecular weight excluding hydrogens is 811 g/mol. The van der Waals surface area contributed by atoms with Gasteiger partial charge in [-0.2, -0.15) is 0 Å². The third kappa shape index (κ3) is 6.29. The molecular formula is C52H40N2O6P2. The second kappa shape index (κ2) is 14.9. The monoisotopic (exact) mass is 850 g/mol. The Hall–Kier alpha value is -6.98. The van der Waals surface area contributed by atoms with Crippen LogP contribution in [0.5, 0.6) is 34.5 Å². The van der Waals surface area contributed by atoms with Crippen molar-refractivity contribution in [2.24, 2.45) is 9.98 Å². The van der Waals surface area contributed by atoms with Gasteiger partial charge >= 0.3 is 0 Å². The summed E-state index contributed by atoms with van der Waals surface area (Å²) in [6, 6.07) is 47.3. The number of benzene rings is 8. The van der Waals surface area contributed by atoms with Gasteiger partial charge in [-0.15, -0.1) is 0 Å². The SMILES string of the molecule is Cc1ccc(P(=O)(c2ccc(C)cc2)c2c(O)/c(=c3/cc4c(c(P(=O)(c5ccc(C)cc5)c5ccc(C)cc5)c3O)=Nc3ccccc3O4)cc3c2=Nc2ccccc2O3)cc1. The standard InChI is InChI=1S/C52H40N2O6P2/c1-31-13-21-35(22-14-31)61(57,36-23-15-32(2)16-24-36)51-47-45(59-43-11-7-5-9-41(43)53-47)29-39(49(51)55)40-30-46-48(54-42-10-6-8-12-44(42)60-46)52(50(40)56)62(58,37-25-17-33(3)18-26-37)38-27-19-34(4)20-28-38/h5-30,55-56H,1-4H3/b40-39-. The van der Waals surface area contributed by atoms with Gasteiger partial charge in [0.1, 0.15) is 33.6 Å². The normalized spacial score (nSPS) is 13.2. The lowest BCUT2D eigenvalue weighted by molar-refractivity contribution is 0.449. The first-order valence-electron chi connectivity index (χ1n) is 20.2. The molecule has 0 aromatic heterocycles. The van der Waals surface area contributed by atoms with E-state index in [2.05, 4.69) is 0 Å². The maximum Gasteiger partial charge on any atom is 0.176 e. The Morgan fingerprint density at radius 2 is 0.694 bits per heavy atom. The highest BCUT2D eigenvalue weighted by Crippen LogP contribution is 2.49. The number of nitrogens with zero attached hydrogens (tertiary/aromatic N) is 2. The van der Waals surface area contributed by atoms with Crippen LogP contribution >= 0.6 is 14.3 Å². The molecule has 2 heterocycles. The van der Waals surface area contributed by atoms with Crippen LogP contribution in [0.2, 0.25) is 0 Å². The third-order valence-corrected chi connectivity index (χ3v) is 17.8. The number of aromatic hydroxyl groups is 2. The number of rotatable bonds is 6. The van der Waals surface area contributed by atoms with Gasteiger partial charge in [0.25, 0.3) is 0 Å². The quantitative estimate of drug-likeness (QED) is 0.161. The Balaban J connectivity index is 1.42. The van der Waals surface area contributed by atoms with Gasteiger partial charge in [-0.25, -0.2) is 9.98 Å². The van der Waals surface area contributed by atoms with Crippen LogP contribution in [0.3, 0.4) is 0 Å². The van der Waals surface area contributed by atoms with Crippen molar-refractivity contribution in [2.75, 3.05) is 0 Å². The molecule has 10 rings (SSSR count). The molecule has 8 aromatic rings. The van der Waals surface area contributed by atoms with Crippen molar-refractivity contribution in [3.63, 3.8) is 0 Å². The first-order valence-corrected chi connectivity index (χ1v) is 23.6. The van der Waals surface area contributed by atoms with Crippen LogP contribution in [0.4, 0.5) is 11.4 Å². The lowest BCUT2D eigenvalue weighted by Crippen LogP contribution is -2.37. The van der Waals surface area contributed by atoms with E-state index < -0.39 is 25.8 Å². The molecule has 0 aliphatic carbocycles. The summed E-state index contributed by atoms with van der Waals surface area (Å²) < 4.78 is 46.2. The van der Waals surface area contributed by atoms with Gasteiger partial charge in [-0.1, -0.05) is 144 Å². The highest BCUT2D eigenvalue weighted by Gasteiger charge is 2.39.